The van der Waals surface area contributed by atoms with Crippen LogP contribution in [0.4, 0.5) is 4.79 Å². The number of rotatable bonds is 1. The Morgan fingerprint density at radius 3 is 2.61 bits per heavy atom. The van der Waals surface area contributed by atoms with E-state index >= 15 is 0 Å². The van der Waals surface area contributed by atoms with E-state index < -0.39 is 11.7 Å². The summed E-state index contributed by atoms with van der Waals surface area (Å²) in [5, 5.41) is 0. The van der Waals surface area contributed by atoms with Crippen LogP contribution in [0.5, 0.6) is 0 Å². The van der Waals surface area contributed by atoms with Crippen molar-refractivity contribution in [1.29, 1.82) is 0 Å². The summed E-state index contributed by atoms with van der Waals surface area (Å²) in [7, 11) is 0. The van der Waals surface area contributed by atoms with E-state index in [4.69, 9.17) is 4.74 Å². The predicted molar refractivity (Wildman–Crippen MR) is 68.1 cm³/mol. The highest BCUT2D eigenvalue weighted by atomic mass is 16.6. The zero-order valence-electron chi connectivity index (χ0n) is 11.4. The molecule has 1 aromatic heterocycles. The van der Waals surface area contributed by atoms with Gasteiger partial charge >= 0.3 is 6.09 Å². The Labute approximate surface area is 107 Å². The van der Waals surface area contributed by atoms with Gasteiger partial charge in [-0.1, -0.05) is 6.92 Å². The van der Waals surface area contributed by atoms with Crippen LogP contribution >= 0.6 is 0 Å². The molecule has 98 valence electrons. The smallest absolute Gasteiger partial charge is 0.419 e. The van der Waals surface area contributed by atoms with E-state index in [9.17, 15) is 9.59 Å². The third-order valence-corrected chi connectivity index (χ3v) is 2.98. The number of hydrogen-bond donors (Lipinski definition) is 0. The number of fused-ring (bicyclic) bond motifs is 1. The second-order valence-electron chi connectivity index (χ2n) is 5.60. The molecule has 0 amide bonds. The van der Waals surface area contributed by atoms with Crippen molar-refractivity contribution in [2.45, 2.75) is 52.6 Å². The summed E-state index contributed by atoms with van der Waals surface area (Å²) in [6, 6.07) is 1.95. The van der Waals surface area contributed by atoms with E-state index in [1.165, 1.54) is 4.57 Å². The number of hydrogen-bond acceptors (Lipinski definition) is 3. The Hall–Kier alpha value is -1.58. The molecule has 1 aromatic rings. The first-order valence-electron chi connectivity index (χ1n) is 6.33. The first kappa shape index (κ1) is 12.9. The van der Waals surface area contributed by atoms with Gasteiger partial charge in [0.2, 0.25) is 0 Å². The molecule has 0 saturated heterocycles. The number of carbonyl (C=O) groups is 2. The highest BCUT2D eigenvalue weighted by Gasteiger charge is 2.31. The standard InChI is InChI=1S/C14H19NO3/c1-5-10-8-9-6-7-11(16)12(9)15(10)13(17)18-14(2,3)4/h8H,5-7H2,1-4H3. The molecule has 0 bridgehead atoms. The van der Waals surface area contributed by atoms with E-state index in [1.54, 1.807) is 0 Å². The lowest BCUT2D eigenvalue weighted by Gasteiger charge is -2.21. The average Bonchev–Trinajstić information content (AvgIpc) is 2.76. The van der Waals surface area contributed by atoms with Crippen LogP contribution in [-0.2, 0) is 17.6 Å². The summed E-state index contributed by atoms with van der Waals surface area (Å²) in [5.74, 6) is 0.0376. The quantitative estimate of drug-likeness (QED) is 0.768. The molecule has 0 radical (unpaired) electrons. The van der Waals surface area contributed by atoms with Crippen molar-refractivity contribution < 1.29 is 14.3 Å². The van der Waals surface area contributed by atoms with Gasteiger partial charge in [-0.15, -0.1) is 0 Å². The molecule has 0 atom stereocenters. The molecule has 4 nitrogen and oxygen atoms in total. The van der Waals surface area contributed by atoms with E-state index in [-0.39, 0.29) is 5.78 Å². The fraction of sp³-hybridized carbons (Fsp3) is 0.571. The van der Waals surface area contributed by atoms with Crippen molar-refractivity contribution in [3.05, 3.63) is 23.0 Å². The van der Waals surface area contributed by atoms with Gasteiger partial charge in [-0.3, -0.25) is 4.79 Å². The summed E-state index contributed by atoms with van der Waals surface area (Å²) in [6.45, 7) is 7.43. The van der Waals surface area contributed by atoms with Crippen LogP contribution in [0.25, 0.3) is 0 Å². The van der Waals surface area contributed by atoms with Gasteiger partial charge in [0.25, 0.3) is 0 Å². The van der Waals surface area contributed by atoms with Gasteiger partial charge in [-0.25, -0.2) is 9.36 Å². The molecule has 1 aliphatic carbocycles. The maximum atomic E-state index is 12.2. The third kappa shape index (κ3) is 2.19. The van der Waals surface area contributed by atoms with Crippen LogP contribution in [0.1, 0.15) is 55.9 Å². The number of ether oxygens (including phenoxy) is 1. The minimum atomic E-state index is -0.555. The largest absolute Gasteiger partial charge is 0.443 e. The van der Waals surface area contributed by atoms with Crippen molar-refractivity contribution in [2.75, 3.05) is 0 Å². The van der Waals surface area contributed by atoms with E-state index in [0.29, 0.717) is 18.5 Å². The molecule has 4 heteroatoms. The van der Waals surface area contributed by atoms with Gasteiger partial charge in [0.1, 0.15) is 5.60 Å². The molecule has 2 rings (SSSR count). The lowest BCUT2D eigenvalue weighted by molar-refractivity contribution is 0.0524. The van der Waals surface area contributed by atoms with Crippen LogP contribution in [0, 0.1) is 0 Å². The maximum Gasteiger partial charge on any atom is 0.419 e. The fourth-order valence-electron chi connectivity index (χ4n) is 2.26. The van der Waals surface area contributed by atoms with Gasteiger partial charge in [0.05, 0.1) is 5.69 Å². The molecule has 0 fully saturated rings. The Morgan fingerprint density at radius 1 is 1.39 bits per heavy atom. The Bertz CT molecular complexity index is 506. The highest BCUT2D eigenvalue weighted by molar-refractivity contribution is 6.02. The molecular weight excluding hydrogens is 230 g/mol. The number of aryl methyl sites for hydroxylation is 2. The first-order valence-corrected chi connectivity index (χ1v) is 6.33. The zero-order chi connectivity index (χ0) is 13.5. The Morgan fingerprint density at radius 2 is 2.06 bits per heavy atom. The van der Waals surface area contributed by atoms with Crippen molar-refractivity contribution in [2.24, 2.45) is 0 Å². The van der Waals surface area contributed by atoms with Crippen LogP contribution < -0.4 is 0 Å². The molecule has 0 N–H and O–H groups in total. The number of ketones is 1. The molecule has 18 heavy (non-hydrogen) atoms. The minimum absolute atomic E-state index is 0.0376. The molecular formula is C14H19NO3. The molecule has 0 spiro atoms. The topological polar surface area (TPSA) is 48.3 Å². The second kappa shape index (κ2) is 4.26. The van der Waals surface area contributed by atoms with Crippen molar-refractivity contribution in [1.82, 2.24) is 4.57 Å². The summed E-state index contributed by atoms with van der Waals surface area (Å²) in [5.41, 5.74) is 1.80. The summed E-state index contributed by atoms with van der Waals surface area (Å²) in [6.07, 6.45) is 1.49. The monoisotopic (exact) mass is 249 g/mol. The van der Waals surface area contributed by atoms with Crippen LogP contribution in [0.2, 0.25) is 0 Å². The Balaban J connectivity index is 2.43. The van der Waals surface area contributed by atoms with Crippen molar-refractivity contribution >= 4 is 11.9 Å². The van der Waals surface area contributed by atoms with Crippen LogP contribution in [0.15, 0.2) is 6.07 Å². The third-order valence-electron chi connectivity index (χ3n) is 2.98. The maximum absolute atomic E-state index is 12.2. The van der Waals surface area contributed by atoms with Gasteiger partial charge in [0.15, 0.2) is 5.78 Å². The van der Waals surface area contributed by atoms with Gasteiger partial charge in [-0.2, -0.15) is 0 Å². The van der Waals surface area contributed by atoms with Crippen molar-refractivity contribution in [3.8, 4) is 0 Å². The van der Waals surface area contributed by atoms with Crippen LogP contribution in [0.3, 0.4) is 0 Å². The first-order chi connectivity index (χ1) is 8.33. The average molecular weight is 249 g/mol. The second-order valence-corrected chi connectivity index (χ2v) is 5.60. The lowest BCUT2D eigenvalue weighted by Crippen LogP contribution is -2.29. The van der Waals surface area contributed by atoms with Gasteiger partial charge in [0, 0.05) is 12.1 Å². The SMILES string of the molecule is CCc1cc2c(n1C(=O)OC(C)(C)C)C(=O)CC2. The molecule has 0 aromatic carbocycles. The molecule has 1 aliphatic rings. The normalized spacial score (nSPS) is 14.8. The number of Topliss-reactive ketones (excluding diaryl/α,β-unsaturated/α-hetero) is 1. The lowest BCUT2D eigenvalue weighted by atomic mass is 10.2. The summed E-state index contributed by atoms with van der Waals surface area (Å²) in [4.78, 5) is 24.1. The predicted octanol–water partition coefficient (Wildman–Crippen LogP) is 2.96. The number of nitrogens with zero attached hydrogens (tertiary/aromatic N) is 1. The Kier molecular flexibility index (Phi) is 3.05. The summed E-state index contributed by atoms with van der Waals surface area (Å²) >= 11 is 0. The van der Waals surface area contributed by atoms with Crippen molar-refractivity contribution in [3.63, 3.8) is 0 Å². The zero-order valence-corrected chi connectivity index (χ0v) is 11.4. The number of aromatic nitrogens is 1. The molecule has 0 unspecified atom stereocenters. The molecule has 0 aliphatic heterocycles. The van der Waals surface area contributed by atoms with E-state index in [2.05, 4.69) is 0 Å². The van der Waals surface area contributed by atoms with Gasteiger partial charge < -0.3 is 4.74 Å². The number of carbonyl (C=O) groups excluding carboxylic acids is 2. The molecule has 0 saturated carbocycles. The highest BCUT2D eigenvalue weighted by Crippen LogP contribution is 2.27. The molecule has 1 heterocycles. The van der Waals surface area contributed by atoms with Crippen LogP contribution in [-0.4, -0.2) is 22.0 Å². The minimum Gasteiger partial charge on any atom is -0.443 e. The summed E-state index contributed by atoms with van der Waals surface area (Å²) < 4.78 is 6.82. The fourth-order valence-corrected chi connectivity index (χ4v) is 2.26. The van der Waals surface area contributed by atoms with E-state index in [0.717, 1.165) is 17.7 Å². The van der Waals surface area contributed by atoms with Gasteiger partial charge in [-0.05, 0) is 45.2 Å². The van der Waals surface area contributed by atoms with E-state index in [1.807, 2.05) is 33.8 Å².